The molecule has 0 spiro atoms. The van der Waals surface area contributed by atoms with Gasteiger partial charge in [0.25, 0.3) is 0 Å². The van der Waals surface area contributed by atoms with E-state index in [9.17, 15) is 5.11 Å². The van der Waals surface area contributed by atoms with Gasteiger partial charge in [-0.25, -0.2) is 9.97 Å². The van der Waals surface area contributed by atoms with Gasteiger partial charge in [-0.15, -0.1) is 0 Å². The summed E-state index contributed by atoms with van der Waals surface area (Å²) in [5.41, 5.74) is 1.81. The molecule has 2 aromatic heterocycles. The average molecular weight is 274 g/mol. The fourth-order valence-corrected chi connectivity index (χ4v) is 3.11. The van der Waals surface area contributed by atoms with Crippen LogP contribution in [0.4, 0.5) is 0 Å². The predicted molar refractivity (Wildman–Crippen MR) is 78.6 cm³/mol. The number of aliphatic hydroxyl groups is 1. The molecule has 1 aliphatic heterocycles. The molecule has 1 fully saturated rings. The van der Waals surface area contributed by atoms with Crippen LogP contribution in [0.1, 0.15) is 25.1 Å². The van der Waals surface area contributed by atoms with E-state index >= 15 is 0 Å². The van der Waals surface area contributed by atoms with Gasteiger partial charge in [0.1, 0.15) is 11.3 Å². The summed E-state index contributed by atoms with van der Waals surface area (Å²) in [6.07, 6.45) is 6.54. The molecule has 0 saturated carbocycles. The van der Waals surface area contributed by atoms with Crippen LogP contribution in [0.3, 0.4) is 0 Å². The molecule has 5 nitrogen and oxygen atoms in total. The highest BCUT2D eigenvalue weighted by molar-refractivity contribution is 5.71. The summed E-state index contributed by atoms with van der Waals surface area (Å²) in [5, 5.41) is 9.29. The first kappa shape index (κ1) is 13.5. The zero-order valence-corrected chi connectivity index (χ0v) is 12.0. The van der Waals surface area contributed by atoms with Crippen LogP contribution >= 0.6 is 0 Å². The van der Waals surface area contributed by atoms with Crippen LogP contribution in [0.15, 0.2) is 18.3 Å². The molecule has 0 bridgehead atoms. The normalized spacial score (nSPS) is 20.6. The first-order valence-corrected chi connectivity index (χ1v) is 7.41. The van der Waals surface area contributed by atoms with Gasteiger partial charge in [0.2, 0.25) is 0 Å². The zero-order chi connectivity index (χ0) is 13.9. The van der Waals surface area contributed by atoms with Gasteiger partial charge in [0.05, 0.1) is 6.61 Å². The van der Waals surface area contributed by atoms with Gasteiger partial charge in [-0.3, -0.25) is 0 Å². The second kappa shape index (κ2) is 5.89. The molecule has 0 aliphatic carbocycles. The molecule has 1 N–H and O–H groups in total. The second-order valence-corrected chi connectivity index (χ2v) is 5.58. The van der Waals surface area contributed by atoms with Crippen molar-refractivity contribution in [3.63, 3.8) is 0 Å². The summed E-state index contributed by atoms with van der Waals surface area (Å²) < 4.78 is 2.07. The first-order chi connectivity index (χ1) is 9.79. The van der Waals surface area contributed by atoms with E-state index < -0.39 is 0 Å². The predicted octanol–water partition coefficient (Wildman–Crippen LogP) is 1.45. The third-order valence-electron chi connectivity index (χ3n) is 4.25. The zero-order valence-electron chi connectivity index (χ0n) is 12.0. The SMILES string of the molecule is CN1CCCCC1Cc1nc2cccnc2n1CCO. The summed E-state index contributed by atoms with van der Waals surface area (Å²) in [4.78, 5) is 11.6. The number of aliphatic hydroxyl groups excluding tert-OH is 1. The number of hydrogen-bond acceptors (Lipinski definition) is 4. The molecule has 1 atom stereocenters. The molecular formula is C15H22N4O. The third-order valence-corrected chi connectivity index (χ3v) is 4.25. The van der Waals surface area contributed by atoms with Crippen molar-refractivity contribution in [3.8, 4) is 0 Å². The highest BCUT2D eigenvalue weighted by atomic mass is 16.3. The Bertz CT molecular complexity index is 580. The second-order valence-electron chi connectivity index (χ2n) is 5.58. The van der Waals surface area contributed by atoms with Gasteiger partial charge in [0.15, 0.2) is 5.65 Å². The van der Waals surface area contributed by atoms with E-state index in [1.165, 1.54) is 25.8 Å². The fourth-order valence-electron chi connectivity index (χ4n) is 3.11. The van der Waals surface area contributed by atoms with Crippen LogP contribution in [-0.4, -0.2) is 50.8 Å². The Morgan fingerprint density at radius 2 is 2.30 bits per heavy atom. The van der Waals surface area contributed by atoms with E-state index in [0.717, 1.165) is 23.4 Å². The molecule has 3 heterocycles. The highest BCUT2D eigenvalue weighted by Gasteiger charge is 2.22. The summed E-state index contributed by atoms with van der Waals surface area (Å²) >= 11 is 0. The number of pyridine rings is 1. The number of imidazole rings is 1. The molecule has 1 saturated heterocycles. The Morgan fingerprint density at radius 3 is 3.10 bits per heavy atom. The van der Waals surface area contributed by atoms with Crippen molar-refractivity contribution >= 4 is 11.2 Å². The number of likely N-dealkylation sites (N-methyl/N-ethyl adjacent to an activating group) is 1. The quantitative estimate of drug-likeness (QED) is 0.917. The minimum absolute atomic E-state index is 0.121. The lowest BCUT2D eigenvalue weighted by Gasteiger charge is -2.32. The monoisotopic (exact) mass is 274 g/mol. The third kappa shape index (κ3) is 2.55. The Kier molecular flexibility index (Phi) is 3.98. The van der Waals surface area contributed by atoms with Gasteiger partial charge < -0.3 is 14.6 Å². The largest absolute Gasteiger partial charge is 0.395 e. The standard InChI is InChI=1S/C15H22N4O/c1-18-8-3-2-5-12(18)11-14-17-13-6-4-7-16-15(13)19(14)9-10-20/h4,6-7,12,20H,2-3,5,8-11H2,1H3. The molecule has 0 amide bonds. The highest BCUT2D eigenvalue weighted by Crippen LogP contribution is 2.21. The molecule has 20 heavy (non-hydrogen) atoms. The maximum atomic E-state index is 9.29. The van der Waals surface area contributed by atoms with E-state index in [2.05, 4.69) is 21.5 Å². The minimum atomic E-state index is 0.121. The van der Waals surface area contributed by atoms with Crippen LogP contribution in [0, 0.1) is 0 Å². The molecule has 3 rings (SSSR count). The molecule has 1 aliphatic rings. The summed E-state index contributed by atoms with van der Waals surface area (Å²) in [6.45, 7) is 1.86. The number of aromatic nitrogens is 3. The van der Waals surface area contributed by atoms with Crippen molar-refractivity contribution < 1.29 is 5.11 Å². The molecule has 108 valence electrons. The van der Waals surface area contributed by atoms with Crippen LogP contribution < -0.4 is 0 Å². The molecule has 5 heteroatoms. The minimum Gasteiger partial charge on any atom is -0.395 e. The van der Waals surface area contributed by atoms with Crippen molar-refractivity contribution in [2.45, 2.75) is 38.3 Å². The van der Waals surface area contributed by atoms with Crippen molar-refractivity contribution in [3.05, 3.63) is 24.2 Å². The Hall–Kier alpha value is -1.46. The van der Waals surface area contributed by atoms with Crippen molar-refractivity contribution in [1.29, 1.82) is 0 Å². The van der Waals surface area contributed by atoms with Crippen molar-refractivity contribution in [1.82, 2.24) is 19.4 Å². The summed E-state index contributed by atoms with van der Waals surface area (Å²) in [7, 11) is 2.20. The summed E-state index contributed by atoms with van der Waals surface area (Å²) in [5.74, 6) is 1.05. The molecule has 0 aromatic carbocycles. The van der Waals surface area contributed by atoms with E-state index in [4.69, 9.17) is 4.98 Å². The number of nitrogens with zero attached hydrogens (tertiary/aromatic N) is 4. The molecule has 0 radical (unpaired) electrons. The summed E-state index contributed by atoms with van der Waals surface area (Å²) in [6, 6.07) is 4.46. The number of piperidine rings is 1. The molecule has 1 unspecified atom stereocenters. The Morgan fingerprint density at radius 1 is 1.40 bits per heavy atom. The van der Waals surface area contributed by atoms with E-state index in [1.54, 1.807) is 6.20 Å². The maximum Gasteiger partial charge on any atom is 0.160 e. The lowest BCUT2D eigenvalue weighted by molar-refractivity contribution is 0.181. The van der Waals surface area contributed by atoms with Crippen molar-refractivity contribution in [2.75, 3.05) is 20.2 Å². The molecular weight excluding hydrogens is 252 g/mol. The molecule has 2 aromatic rings. The topological polar surface area (TPSA) is 54.2 Å². The van der Waals surface area contributed by atoms with E-state index in [-0.39, 0.29) is 6.61 Å². The average Bonchev–Trinajstić information content (AvgIpc) is 2.80. The number of fused-ring (bicyclic) bond motifs is 1. The van der Waals surface area contributed by atoms with Crippen LogP contribution in [0.5, 0.6) is 0 Å². The van der Waals surface area contributed by atoms with Crippen LogP contribution in [0.2, 0.25) is 0 Å². The van der Waals surface area contributed by atoms with Gasteiger partial charge in [-0.05, 0) is 38.6 Å². The van der Waals surface area contributed by atoms with E-state index in [1.807, 2.05) is 12.1 Å². The fraction of sp³-hybridized carbons (Fsp3) is 0.600. The van der Waals surface area contributed by atoms with Gasteiger partial charge in [0, 0.05) is 25.2 Å². The smallest absolute Gasteiger partial charge is 0.160 e. The van der Waals surface area contributed by atoms with Gasteiger partial charge >= 0.3 is 0 Å². The van der Waals surface area contributed by atoms with Crippen LogP contribution in [-0.2, 0) is 13.0 Å². The van der Waals surface area contributed by atoms with Crippen molar-refractivity contribution in [2.24, 2.45) is 0 Å². The van der Waals surface area contributed by atoms with E-state index in [0.29, 0.717) is 12.6 Å². The lowest BCUT2D eigenvalue weighted by atomic mass is 10.00. The van der Waals surface area contributed by atoms with Gasteiger partial charge in [-0.2, -0.15) is 0 Å². The first-order valence-electron chi connectivity index (χ1n) is 7.41. The number of rotatable bonds is 4. The maximum absolute atomic E-state index is 9.29. The Balaban J connectivity index is 1.91. The lowest BCUT2D eigenvalue weighted by Crippen LogP contribution is -2.38. The van der Waals surface area contributed by atoms with Crippen LogP contribution in [0.25, 0.3) is 11.2 Å². The number of hydrogen-bond donors (Lipinski definition) is 1. The Labute approximate surface area is 119 Å². The number of likely N-dealkylation sites (tertiary alicyclic amines) is 1. The van der Waals surface area contributed by atoms with Gasteiger partial charge in [-0.1, -0.05) is 6.42 Å².